The molecular weight excluding hydrogens is 405 g/mol. The molecule has 3 aromatic heterocycles. The average Bonchev–Trinajstić information content (AvgIpc) is 3.41. The highest BCUT2D eigenvalue weighted by Crippen LogP contribution is 2.41. The molecule has 2 fully saturated rings. The monoisotopic (exact) mass is 425 g/mol. The Labute approximate surface area is 177 Å². The first-order valence-electron chi connectivity index (χ1n) is 10.2. The lowest BCUT2D eigenvalue weighted by Crippen LogP contribution is -2.55. The first-order valence-corrected chi connectivity index (χ1v) is 10.5. The second-order valence-electron chi connectivity index (χ2n) is 8.34. The van der Waals surface area contributed by atoms with Crippen molar-refractivity contribution in [1.82, 2.24) is 24.7 Å². The van der Waals surface area contributed by atoms with Crippen LogP contribution in [0.1, 0.15) is 19.3 Å². The molecule has 4 aromatic rings. The van der Waals surface area contributed by atoms with Crippen LogP contribution in [0.25, 0.3) is 33.2 Å². The minimum Gasteiger partial charge on any atom is -0.346 e. The second-order valence-corrected chi connectivity index (χ2v) is 8.72. The largest absolute Gasteiger partial charge is 0.346 e. The summed E-state index contributed by atoms with van der Waals surface area (Å²) < 4.78 is 16.4. The number of hydrogen-bond donors (Lipinski definition) is 2. The highest BCUT2D eigenvalue weighted by Gasteiger charge is 2.47. The third-order valence-corrected chi connectivity index (χ3v) is 6.94. The van der Waals surface area contributed by atoms with Crippen LogP contribution in [0, 0.1) is 0 Å². The number of rotatable bonds is 2. The van der Waals surface area contributed by atoms with Gasteiger partial charge in [0.2, 0.25) is 0 Å². The van der Waals surface area contributed by atoms with E-state index in [4.69, 9.17) is 27.3 Å². The standard InChI is InChI=1S/C21H21ClFN7/c1-29-9-13-15(28-29)4-3-11(18(13)22)12-7-26-21-20(12)25-8-17(27-21)30-10-2-5-16(30)19(23)14(24)6-10/h3-4,7-10,14,16,19H,2,5-6,24H2,1H3,(H,26,27). The number of aryl methyl sites for hydroxylation is 1. The van der Waals surface area contributed by atoms with Crippen LogP contribution in [0.2, 0.25) is 5.02 Å². The molecule has 4 unspecified atom stereocenters. The molecule has 3 N–H and O–H groups in total. The third kappa shape index (κ3) is 2.50. The van der Waals surface area contributed by atoms with Gasteiger partial charge in [0.1, 0.15) is 17.5 Å². The van der Waals surface area contributed by atoms with E-state index in [-0.39, 0.29) is 12.1 Å². The molecule has 5 heterocycles. The normalized spacial score (nSPS) is 26.2. The number of piperidine rings is 1. The summed E-state index contributed by atoms with van der Waals surface area (Å²) in [6.45, 7) is 0. The number of nitrogens with two attached hydrogens (primary N) is 1. The van der Waals surface area contributed by atoms with Crippen LogP contribution in [-0.4, -0.2) is 49.0 Å². The molecule has 2 aliphatic heterocycles. The first kappa shape index (κ1) is 18.1. The van der Waals surface area contributed by atoms with Crippen molar-refractivity contribution in [3.63, 3.8) is 0 Å². The minimum atomic E-state index is -1.04. The SMILES string of the molecule is Cn1cc2c(Cl)c(-c3c[nH]c4nc(N5C6CCC5C(F)C(N)C6)cnc34)ccc2n1. The molecule has 0 amide bonds. The molecule has 9 heteroatoms. The van der Waals surface area contributed by atoms with E-state index in [9.17, 15) is 4.39 Å². The van der Waals surface area contributed by atoms with Crippen LogP contribution in [0.15, 0.2) is 30.7 Å². The topological polar surface area (TPSA) is 88.7 Å². The molecule has 1 aromatic carbocycles. The van der Waals surface area contributed by atoms with Crippen LogP contribution in [0.3, 0.4) is 0 Å². The number of anilines is 1. The fourth-order valence-electron chi connectivity index (χ4n) is 5.15. The maximum absolute atomic E-state index is 14.7. The summed E-state index contributed by atoms with van der Waals surface area (Å²) in [6.07, 6.45) is 6.87. The molecule has 0 aliphatic carbocycles. The van der Waals surface area contributed by atoms with Gasteiger partial charge in [0.05, 0.1) is 22.8 Å². The van der Waals surface area contributed by atoms with E-state index in [2.05, 4.69) is 15.0 Å². The van der Waals surface area contributed by atoms with E-state index >= 15 is 0 Å². The summed E-state index contributed by atoms with van der Waals surface area (Å²) in [6, 6.07) is 3.52. The molecule has 0 spiro atoms. The van der Waals surface area contributed by atoms with E-state index in [0.29, 0.717) is 22.9 Å². The van der Waals surface area contributed by atoms with Crippen LogP contribution < -0.4 is 10.6 Å². The Morgan fingerprint density at radius 3 is 3.00 bits per heavy atom. The Bertz CT molecular complexity index is 1280. The number of aromatic nitrogens is 5. The molecule has 7 nitrogen and oxygen atoms in total. The number of hydrogen-bond acceptors (Lipinski definition) is 5. The summed E-state index contributed by atoms with van der Waals surface area (Å²) in [4.78, 5) is 14.8. The lowest BCUT2D eigenvalue weighted by molar-refractivity contribution is 0.203. The van der Waals surface area contributed by atoms with Crippen LogP contribution in [0.5, 0.6) is 0 Å². The molecular formula is C21H21ClFN7. The van der Waals surface area contributed by atoms with Gasteiger partial charge in [0.15, 0.2) is 5.65 Å². The number of halogens is 2. The summed E-state index contributed by atoms with van der Waals surface area (Å²) in [5.74, 6) is 0.701. The van der Waals surface area contributed by atoms with Crippen molar-refractivity contribution in [2.24, 2.45) is 12.8 Å². The summed E-state index contributed by atoms with van der Waals surface area (Å²) in [7, 11) is 1.87. The Kier molecular flexibility index (Phi) is 3.85. The van der Waals surface area contributed by atoms with Gasteiger partial charge in [-0.25, -0.2) is 14.4 Å². The van der Waals surface area contributed by atoms with Gasteiger partial charge in [0, 0.05) is 48.0 Å². The van der Waals surface area contributed by atoms with E-state index in [1.165, 1.54) is 0 Å². The summed E-state index contributed by atoms with van der Waals surface area (Å²) in [5, 5.41) is 5.93. The molecule has 2 bridgehead atoms. The van der Waals surface area contributed by atoms with Crippen molar-refractivity contribution in [2.75, 3.05) is 4.90 Å². The molecule has 30 heavy (non-hydrogen) atoms. The minimum absolute atomic E-state index is 0.220. The Balaban J connectivity index is 1.42. The van der Waals surface area contributed by atoms with E-state index in [1.54, 1.807) is 10.9 Å². The Hall–Kier alpha value is -2.71. The molecule has 4 atom stereocenters. The third-order valence-electron chi connectivity index (χ3n) is 6.53. The molecule has 0 radical (unpaired) electrons. The van der Waals surface area contributed by atoms with Gasteiger partial charge in [-0.3, -0.25) is 4.68 Å². The van der Waals surface area contributed by atoms with E-state index in [1.807, 2.05) is 31.6 Å². The van der Waals surface area contributed by atoms with Crippen LogP contribution >= 0.6 is 11.6 Å². The highest BCUT2D eigenvalue weighted by atomic mass is 35.5. The maximum atomic E-state index is 14.7. The summed E-state index contributed by atoms with van der Waals surface area (Å²) >= 11 is 6.70. The van der Waals surface area contributed by atoms with Crippen molar-refractivity contribution in [3.8, 4) is 11.1 Å². The number of aromatic amines is 1. The van der Waals surface area contributed by atoms with E-state index < -0.39 is 12.2 Å². The number of H-pyrrole nitrogens is 1. The van der Waals surface area contributed by atoms with Gasteiger partial charge < -0.3 is 15.6 Å². The smallest absolute Gasteiger partial charge is 0.159 e. The van der Waals surface area contributed by atoms with Gasteiger partial charge in [-0.1, -0.05) is 17.7 Å². The summed E-state index contributed by atoms with van der Waals surface area (Å²) in [5.41, 5.74) is 9.99. The fourth-order valence-corrected chi connectivity index (χ4v) is 5.46. The van der Waals surface area contributed by atoms with Gasteiger partial charge in [-0.05, 0) is 25.3 Å². The predicted molar refractivity (Wildman–Crippen MR) is 115 cm³/mol. The number of alkyl halides is 1. The average molecular weight is 426 g/mol. The lowest BCUT2D eigenvalue weighted by atomic mass is 9.96. The Morgan fingerprint density at radius 1 is 1.27 bits per heavy atom. The van der Waals surface area contributed by atoms with Crippen LogP contribution in [0.4, 0.5) is 10.2 Å². The molecule has 6 rings (SSSR count). The van der Waals surface area contributed by atoms with Crippen molar-refractivity contribution in [2.45, 2.75) is 43.6 Å². The molecule has 2 aliphatic rings. The van der Waals surface area contributed by atoms with Gasteiger partial charge >= 0.3 is 0 Å². The van der Waals surface area contributed by atoms with Gasteiger partial charge in [0.25, 0.3) is 0 Å². The number of nitrogens with one attached hydrogen (secondary N) is 1. The highest BCUT2D eigenvalue weighted by molar-refractivity contribution is 6.38. The van der Waals surface area contributed by atoms with Gasteiger partial charge in [-0.2, -0.15) is 5.10 Å². The molecule has 154 valence electrons. The molecule has 0 saturated carbocycles. The van der Waals surface area contributed by atoms with Gasteiger partial charge in [-0.15, -0.1) is 0 Å². The van der Waals surface area contributed by atoms with Crippen molar-refractivity contribution >= 4 is 39.5 Å². The maximum Gasteiger partial charge on any atom is 0.159 e. The predicted octanol–water partition coefficient (Wildman–Crippen LogP) is 3.57. The first-order chi connectivity index (χ1) is 14.5. The zero-order valence-corrected chi connectivity index (χ0v) is 17.1. The quantitative estimate of drug-likeness (QED) is 0.512. The number of fused-ring (bicyclic) bond motifs is 4. The fraction of sp³-hybridized carbons (Fsp3) is 0.381. The van der Waals surface area contributed by atoms with E-state index in [0.717, 1.165) is 40.4 Å². The Morgan fingerprint density at radius 2 is 2.13 bits per heavy atom. The van der Waals surface area contributed by atoms with Crippen molar-refractivity contribution < 1.29 is 4.39 Å². The van der Waals surface area contributed by atoms with Crippen molar-refractivity contribution in [1.29, 1.82) is 0 Å². The number of nitrogens with zero attached hydrogens (tertiary/aromatic N) is 5. The second kappa shape index (κ2) is 6.39. The van der Waals surface area contributed by atoms with Crippen LogP contribution in [-0.2, 0) is 7.05 Å². The molecule has 2 saturated heterocycles. The lowest BCUT2D eigenvalue weighted by Gasteiger charge is -2.40. The zero-order chi connectivity index (χ0) is 20.6. The number of benzene rings is 1. The van der Waals surface area contributed by atoms with Crippen molar-refractivity contribution in [3.05, 3.63) is 35.7 Å². The zero-order valence-electron chi connectivity index (χ0n) is 16.4.